The molecule has 0 fully saturated rings. The number of carbonyl (C=O) groups is 1. The van der Waals surface area contributed by atoms with Crippen LogP contribution in [0.4, 0.5) is 4.39 Å². The Bertz CT molecular complexity index is 358. The fourth-order valence-corrected chi connectivity index (χ4v) is 2.19. The molecule has 0 spiro atoms. The second kappa shape index (κ2) is 8.27. The maximum atomic E-state index is 13.7. The smallest absolute Gasteiger partial charge is 0.183 e. The van der Waals surface area contributed by atoms with Crippen molar-refractivity contribution < 1.29 is 9.18 Å². The van der Waals surface area contributed by atoms with E-state index in [9.17, 15) is 9.18 Å². The first-order valence-corrected chi connectivity index (χ1v) is 7.50. The Kier molecular flexibility index (Phi) is 6.98. The minimum atomic E-state index is -1.44. The first kappa shape index (κ1) is 15.2. The molecule has 0 saturated carbocycles. The van der Waals surface area contributed by atoms with Gasteiger partial charge in [0.05, 0.1) is 6.04 Å². The van der Waals surface area contributed by atoms with E-state index < -0.39 is 18.0 Å². The summed E-state index contributed by atoms with van der Waals surface area (Å²) in [6.07, 6.45) is 1.84. The molecule has 1 rings (SSSR count). The fraction of sp³-hybridized carbons (Fsp3) is 0.500. The van der Waals surface area contributed by atoms with E-state index in [4.69, 9.17) is 5.73 Å². The summed E-state index contributed by atoms with van der Waals surface area (Å²) in [5.41, 5.74) is 6.72. The fourth-order valence-electron chi connectivity index (χ4n) is 1.70. The molecule has 4 heteroatoms. The summed E-state index contributed by atoms with van der Waals surface area (Å²) >= 11 is 1.61. The highest BCUT2D eigenvalue weighted by atomic mass is 32.2. The van der Waals surface area contributed by atoms with Crippen LogP contribution in [0.5, 0.6) is 0 Å². The number of alkyl halides is 1. The van der Waals surface area contributed by atoms with Gasteiger partial charge in [0.25, 0.3) is 0 Å². The summed E-state index contributed by atoms with van der Waals surface area (Å²) in [5.74, 6) is 0.332. The largest absolute Gasteiger partial charge is 0.321 e. The molecule has 0 aliphatic heterocycles. The van der Waals surface area contributed by atoms with E-state index in [0.717, 1.165) is 11.3 Å². The zero-order chi connectivity index (χ0) is 13.4. The Hall–Kier alpha value is -0.870. The number of carbonyl (C=O) groups excluding carboxylic acids is 1. The number of benzene rings is 1. The highest BCUT2D eigenvalue weighted by Crippen LogP contribution is 2.11. The summed E-state index contributed by atoms with van der Waals surface area (Å²) in [4.78, 5) is 11.7. The highest BCUT2D eigenvalue weighted by Gasteiger charge is 2.23. The van der Waals surface area contributed by atoms with Crippen LogP contribution in [0, 0.1) is 0 Å². The SMILES string of the molecule is CSCC[C@H](N)C(=O)C(F)CCc1ccccc1. The summed E-state index contributed by atoms with van der Waals surface area (Å²) in [5, 5.41) is 0. The molecule has 1 unspecified atom stereocenters. The molecule has 0 aromatic heterocycles. The quantitative estimate of drug-likeness (QED) is 0.789. The molecule has 100 valence electrons. The molecule has 0 heterocycles. The molecule has 2 N–H and O–H groups in total. The molecule has 0 saturated heterocycles. The Morgan fingerprint density at radius 3 is 2.61 bits per heavy atom. The average Bonchev–Trinajstić information content (AvgIpc) is 2.42. The van der Waals surface area contributed by atoms with Crippen LogP contribution in [0.3, 0.4) is 0 Å². The molecule has 2 nitrogen and oxygen atoms in total. The van der Waals surface area contributed by atoms with E-state index in [1.165, 1.54) is 0 Å². The number of aryl methyl sites for hydroxylation is 1. The number of ketones is 1. The van der Waals surface area contributed by atoms with Gasteiger partial charge in [-0.1, -0.05) is 30.3 Å². The maximum Gasteiger partial charge on any atom is 0.183 e. The van der Waals surface area contributed by atoms with Crippen molar-refractivity contribution in [3.05, 3.63) is 35.9 Å². The third-order valence-corrected chi connectivity index (χ3v) is 3.48. The van der Waals surface area contributed by atoms with Crippen LogP contribution in [0.1, 0.15) is 18.4 Å². The molecular weight excluding hydrogens is 249 g/mol. The predicted octanol–water partition coefficient (Wildman–Crippen LogP) is 2.61. The molecule has 1 aromatic carbocycles. The molecular formula is C14H20FNOS. The number of nitrogens with two attached hydrogens (primary N) is 1. The van der Waals surface area contributed by atoms with Gasteiger partial charge in [0.15, 0.2) is 12.0 Å². The van der Waals surface area contributed by atoms with Gasteiger partial charge in [-0.25, -0.2) is 4.39 Å². The van der Waals surface area contributed by atoms with E-state index in [-0.39, 0.29) is 6.42 Å². The molecule has 0 radical (unpaired) electrons. The Morgan fingerprint density at radius 1 is 1.33 bits per heavy atom. The maximum absolute atomic E-state index is 13.7. The summed E-state index contributed by atoms with van der Waals surface area (Å²) in [7, 11) is 0. The van der Waals surface area contributed by atoms with Crippen LogP contribution in [0.15, 0.2) is 30.3 Å². The minimum absolute atomic E-state index is 0.218. The second-order valence-corrected chi connectivity index (χ2v) is 5.27. The van der Waals surface area contributed by atoms with Crippen molar-refractivity contribution in [2.45, 2.75) is 31.5 Å². The molecule has 0 bridgehead atoms. The van der Waals surface area contributed by atoms with Crippen LogP contribution in [-0.4, -0.2) is 30.0 Å². The van der Waals surface area contributed by atoms with Crippen molar-refractivity contribution in [3.8, 4) is 0 Å². The van der Waals surface area contributed by atoms with Gasteiger partial charge in [0.2, 0.25) is 0 Å². The number of hydrogen-bond donors (Lipinski definition) is 1. The number of Topliss-reactive ketones (excluding diaryl/α,β-unsaturated/α-hetero) is 1. The van der Waals surface area contributed by atoms with Gasteiger partial charge in [-0.05, 0) is 36.8 Å². The predicted molar refractivity (Wildman–Crippen MR) is 75.6 cm³/mol. The van der Waals surface area contributed by atoms with Gasteiger partial charge in [-0.3, -0.25) is 4.79 Å². The molecule has 2 atom stereocenters. The van der Waals surface area contributed by atoms with Crippen molar-refractivity contribution in [3.63, 3.8) is 0 Å². The van der Waals surface area contributed by atoms with E-state index in [2.05, 4.69) is 0 Å². The zero-order valence-corrected chi connectivity index (χ0v) is 11.5. The lowest BCUT2D eigenvalue weighted by Gasteiger charge is -2.13. The summed E-state index contributed by atoms with van der Waals surface area (Å²) in [6, 6.07) is 8.95. The monoisotopic (exact) mass is 269 g/mol. The van der Waals surface area contributed by atoms with Crippen LogP contribution in [0.25, 0.3) is 0 Å². The van der Waals surface area contributed by atoms with Gasteiger partial charge in [-0.15, -0.1) is 0 Å². The van der Waals surface area contributed by atoms with Gasteiger partial charge in [0, 0.05) is 0 Å². The standard InChI is InChI=1S/C14H20FNOS/c1-18-10-9-13(16)14(17)12(15)8-7-11-5-3-2-4-6-11/h2-6,12-13H,7-10,16H2,1H3/t12?,13-/m0/s1. The van der Waals surface area contributed by atoms with E-state index in [1.54, 1.807) is 11.8 Å². The third kappa shape index (κ3) is 5.19. The van der Waals surface area contributed by atoms with Crippen LogP contribution in [-0.2, 0) is 11.2 Å². The van der Waals surface area contributed by atoms with E-state index in [0.29, 0.717) is 12.8 Å². The highest BCUT2D eigenvalue weighted by molar-refractivity contribution is 7.98. The topological polar surface area (TPSA) is 43.1 Å². The molecule has 18 heavy (non-hydrogen) atoms. The zero-order valence-electron chi connectivity index (χ0n) is 10.6. The number of halogens is 1. The lowest BCUT2D eigenvalue weighted by atomic mass is 10.0. The number of thioether (sulfide) groups is 1. The first-order valence-electron chi connectivity index (χ1n) is 6.11. The van der Waals surface area contributed by atoms with Crippen LogP contribution < -0.4 is 5.73 Å². The van der Waals surface area contributed by atoms with Crippen molar-refractivity contribution in [1.82, 2.24) is 0 Å². The van der Waals surface area contributed by atoms with E-state index >= 15 is 0 Å². The van der Waals surface area contributed by atoms with Crippen LogP contribution >= 0.6 is 11.8 Å². The lowest BCUT2D eigenvalue weighted by Crippen LogP contribution is -2.37. The van der Waals surface area contributed by atoms with Gasteiger partial charge in [0.1, 0.15) is 0 Å². The Labute approximate surface area is 112 Å². The number of hydrogen-bond acceptors (Lipinski definition) is 3. The molecule has 0 aliphatic rings. The van der Waals surface area contributed by atoms with Crippen molar-refractivity contribution >= 4 is 17.5 Å². The van der Waals surface area contributed by atoms with Crippen molar-refractivity contribution in [2.24, 2.45) is 5.73 Å². The Morgan fingerprint density at radius 2 is 2.00 bits per heavy atom. The van der Waals surface area contributed by atoms with Crippen LogP contribution in [0.2, 0.25) is 0 Å². The average molecular weight is 269 g/mol. The summed E-state index contributed by atoms with van der Waals surface area (Å²) < 4.78 is 13.7. The van der Waals surface area contributed by atoms with Crippen molar-refractivity contribution in [2.75, 3.05) is 12.0 Å². The Balaban J connectivity index is 2.35. The lowest BCUT2D eigenvalue weighted by molar-refractivity contribution is -0.125. The van der Waals surface area contributed by atoms with Gasteiger partial charge >= 0.3 is 0 Å². The molecule has 1 aromatic rings. The van der Waals surface area contributed by atoms with Gasteiger partial charge in [-0.2, -0.15) is 11.8 Å². The summed E-state index contributed by atoms with van der Waals surface area (Å²) in [6.45, 7) is 0. The number of rotatable bonds is 8. The van der Waals surface area contributed by atoms with Gasteiger partial charge < -0.3 is 5.73 Å². The minimum Gasteiger partial charge on any atom is -0.321 e. The second-order valence-electron chi connectivity index (χ2n) is 4.28. The first-order chi connectivity index (χ1) is 8.65. The third-order valence-electron chi connectivity index (χ3n) is 2.84. The normalized spacial score (nSPS) is 14.2. The van der Waals surface area contributed by atoms with E-state index in [1.807, 2.05) is 36.6 Å². The van der Waals surface area contributed by atoms with Crippen molar-refractivity contribution in [1.29, 1.82) is 0 Å². The molecule has 0 aliphatic carbocycles. The molecule has 0 amide bonds.